The molecule has 1 unspecified atom stereocenters. The second kappa shape index (κ2) is 7.73. The van der Waals surface area contributed by atoms with Gasteiger partial charge < -0.3 is 20.8 Å². The summed E-state index contributed by atoms with van der Waals surface area (Å²) in [6, 6.07) is 16.0. The van der Waals surface area contributed by atoms with Crippen LogP contribution in [-0.4, -0.2) is 40.3 Å². The van der Waals surface area contributed by atoms with E-state index in [1.807, 2.05) is 41.3 Å². The van der Waals surface area contributed by atoms with Gasteiger partial charge in [0.05, 0.1) is 17.4 Å². The Hall–Kier alpha value is -3.09. The minimum Gasteiger partial charge on any atom is -0.507 e. The monoisotopic (exact) mass is 409 g/mol. The number of hydrogen-bond acceptors (Lipinski definition) is 5. The number of hydrogen-bond donors (Lipinski definition) is 3. The molecule has 0 spiro atoms. The molecule has 3 aromatic rings. The maximum absolute atomic E-state index is 11.6. The Morgan fingerprint density at radius 2 is 1.93 bits per heavy atom. The zero-order valence-corrected chi connectivity index (χ0v) is 16.3. The highest BCUT2D eigenvalue weighted by Crippen LogP contribution is 2.34. The second-order valence-electron chi connectivity index (χ2n) is 7.06. The highest BCUT2D eigenvalue weighted by atomic mass is 35.5. The lowest BCUT2D eigenvalue weighted by atomic mass is 10.0. The van der Waals surface area contributed by atoms with Crippen molar-refractivity contribution in [3.8, 4) is 28.1 Å². The van der Waals surface area contributed by atoms with Crippen LogP contribution in [0, 0.1) is 0 Å². The van der Waals surface area contributed by atoms with Crippen LogP contribution < -0.4 is 10.6 Å². The molecule has 148 valence electrons. The molecule has 2 aromatic carbocycles. The van der Waals surface area contributed by atoms with E-state index in [0.717, 1.165) is 11.1 Å². The zero-order chi connectivity index (χ0) is 20.5. The van der Waals surface area contributed by atoms with E-state index < -0.39 is 5.91 Å². The number of aliphatic hydroxyl groups excluding tert-OH is 1. The van der Waals surface area contributed by atoms with Crippen molar-refractivity contribution < 1.29 is 15.0 Å². The third-order valence-corrected chi connectivity index (χ3v) is 5.37. The number of primary amides is 1. The maximum atomic E-state index is 11.6. The number of β-amino-alcohol motifs (C(OH)–C–C–N with tert-alkyl or cyclic N) is 1. The fraction of sp³-hybridized carbons (Fsp3) is 0.182. The van der Waals surface area contributed by atoms with E-state index in [9.17, 15) is 15.0 Å². The summed E-state index contributed by atoms with van der Waals surface area (Å²) in [5, 5.41) is 20.5. The van der Waals surface area contributed by atoms with E-state index >= 15 is 0 Å². The van der Waals surface area contributed by atoms with Crippen LogP contribution in [0.3, 0.4) is 0 Å². The molecule has 29 heavy (non-hydrogen) atoms. The number of benzene rings is 2. The van der Waals surface area contributed by atoms with Gasteiger partial charge in [0.2, 0.25) is 0 Å². The van der Waals surface area contributed by atoms with Gasteiger partial charge in [-0.05, 0) is 48.4 Å². The first-order valence-electron chi connectivity index (χ1n) is 9.25. The molecule has 6 nitrogen and oxygen atoms in total. The number of carbonyl (C=O) groups is 1. The highest BCUT2D eigenvalue weighted by Gasteiger charge is 2.23. The number of amides is 1. The molecule has 4 N–H and O–H groups in total. The molecule has 0 radical (unpaired) electrons. The number of aromatic hydroxyl groups is 1. The van der Waals surface area contributed by atoms with Gasteiger partial charge in [0.25, 0.3) is 5.91 Å². The third-order valence-electron chi connectivity index (χ3n) is 5.04. The number of rotatable bonds is 4. The number of halogens is 1. The number of nitrogens with two attached hydrogens (primary N) is 1. The summed E-state index contributed by atoms with van der Waals surface area (Å²) in [5.74, 6) is -0.177. The fourth-order valence-corrected chi connectivity index (χ4v) is 3.76. The van der Waals surface area contributed by atoms with Crippen molar-refractivity contribution >= 4 is 23.3 Å². The molecule has 4 rings (SSSR count). The topological polar surface area (TPSA) is 99.7 Å². The summed E-state index contributed by atoms with van der Waals surface area (Å²) in [4.78, 5) is 18.4. The van der Waals surface area contributed by atoms with Crippen LogP contribution in [0.15, 0.2) is 54.6 Å². The first-order chi connectivity index (χ1) is 13.9. The molecule has 0 saturated carbocycles. The summed E-state index contributed by atoms with van der Waals surface area (Å²) in [6.45, 7) is 1.20. The molecule has 7 heteroatoms. The molecule has 1 atom stereocenters. The van der Waals surface area contributed by atoms with E-state index in [1.54, 1.807) is 6.07 Å². The smallest absolute Gasteiger partial charge is 0.252 e. The molecule has 1 aliphatic heterocycles. The SMILES string of the molecule is NC(=O)c1cc(-c2cc(-c3ccccc3Cl)cc(N3CCC(O)C3)n2)ccc1O. The maximum Gasteiger partial charge on any atom is 0.252 e. The van der Waals surface area contributed by atoms with Gasteiger partial charge in [-0.3, -0.25) is 4.79 Å². The lowest BCUT2D eigenvalue weighted by Crippen LogP contribution is -2.22. The molecule has 1 fully saturated rings. The summed E-state index contributed by atoms with van der Waals surface area (Å²) in [5.41, 5.74) is 8.39. The molecular weight excluding hydrogens is 390 g/mol. The third kappa shape index (κ3) is 3.90. The molecule has 1 saturated heterocycles. The predicted molar refractivity (Wildman–Crippen MR) is 113 cm³/mol. The number of aromatic nitrogens is 1. The highest BCUT2D eigenvalue weighted by molar-refractivity contribution is 6.33. The Labute approximate surface area is 173 Å². The van der Waals surface area contributed by atoms with E-state index in [2.05, 4.69) is 0 Å². The number of aliphatic hydroxyl groups is 1. The first-order valence-corrected chi connectivity index (χ1v) is 9.63. The molecule has 0 aliphatic carbocycles. The number of phenols is 1. The number of carbonyl (C=O) groups excluding carboxylic acids is 1. The van der Waals surface area contributed by atoms with Gasteiger partial charge in [-0.25, -0.2) is 4.98 Å². The number of anilines is 1. The fourth-order valence-electron chi connectivity index (χ4n) is 3.52. The van der Waals surface area contributed by atoms with Crippen molar-refractivity contribution in [1.29, 1.82) is 0 Å². The predicted octanol–water partition coefficient (Wildman–Crippen LogP) is 3.44. The van der Waals surface area contributed by atoms with Crippen molar-refractivity contribution in [1.82, 2.24) is 4.98 Å². The summed E-state index contributed by atoms with van der Waals surface area (Å²) in [6.07, 6.45) is 0.289. The van der Waals surface area contributed by atoms with E-state index in [1.165, 1.54) is 12.1 Å². The van der Waals surface area contributed by atoms with E-state index in [-0.39, 0.29) is 17.4 Å². The molecule has 1 aromatic heterocycles. The lowest BCUT2D eigenvalue weighted by Gasteiger charge is -2.19. The van der Waals surface area contributed by atoms with Gasteiger partial charge in [-0.2, -0.15) is 0 Å². The van der Waals surface area contributed by atoms with Crippen molar-refractivity contribution in [2.24, 2.45) is 5.73 Å². The largest absolute Gasteiger partial charge is 0.507 e. The van der Waals surface area contributed by atoms with Crippen LogP contribution >= 0.6 is 11.6 Å². The Bertz CT molecular complexity index is 1090. The van der Waals surface area contributed by atoms with Crippen LogP contribution in [0.5, 0.6) is 5.75 Å². The normalized spacial score (nSPS) is 16.2. The minimum absolute atomic E-state index is 0.0330. The van der Waals surface area contributed by atoms with Crippen molar-refractivity contribution in [2.75, 3.05) is 18.0 Å². The van der Waals surface area contributed by atoms with Crippen LogP contribution in [0.1, 0.15) is 16.8 Å². The Kier molecular flexibility index (Phi) is 5.13. The Balaban J connectivity index is 1.87. The summed E-state index contributed by atoms with van der Waals surface area (Å²) >= 11 is 6.41. The zero-order valence-electron chi connectivity index (χ0n) is 15.5. The van der Waals surface area contributed by atoms with Gasteiger partial charge in [0, 0.05) is 29.2 Å². The van der Waals surface area contributed by atoms with E-state index in [4.69, 9.17) is 22.3 Å². The van der Waals surface area contributed by atoms with Crippen LogP contribution in [-0.2, 0) is 0 Å². The quantitative estimate of drug-likeness (QED) is 0.613. The Morgan fingerprint density at radius 1 is 1.14 bits per heavy atom. The van der Waals surface area contributed by atoms with Gasteiger partial charge in [-0.1, -0.05) is 29.8 Å². The van der Waals surface area contributed by atoms with Crippen molar-refractivity contribution in [3.63, 3.8) is 0 Å². The average molecular weight is 410 g/mol. The van der Waals surface area contributed by atoms with Crippen LogP contribution in [0.4, 0.5) is 5.82 Å². The molecule has 1 aliphatic rings. The first kappa shape index (κ1) is 19.2. The summed E-state index contributed by atoms with van der Waals surface area (Å²) < 4.78 is 0. The molecule has 0 bridgehead atoms. The molecule has 1 amide bonds. The lowest BCUT2D eigenvalue weighted by molar-refractivity contribution is 0.0998. The molecule has 2 heterocycles. The minimum atomic E-state index is -0.713. The standard InChI is InChI=1S/C22H20ClN3O3/c23-18-4-2-1-3-16(18)14-10-19(13-5-6-20(28)17(9-13)22(24)29)25-21(11-14)26-8-7-15(27)12-26/h1-6,9-11,15,27-28H,7-8,12H2,(H2,24,29). The van der Waals surface area contributed by atoms with Gasteiger partial charge in [-0.15, -0.1) is 0 Å². The van der Waals surface area contributed by atoms with Crippen LogP contribution in [0.2, 0.25) is 5.02 Å². The van der Waals surface area contributed by atoms with E-state index in [0.29, 0.717) is 41.6 Å². The van der Waals surface area contributed by atoms with Crippen LogP contribution in [0.25, 0.3) is 22.4 Å². The number of nitrogens with zero attached hydrogens (tertiary/aromatic N) is 2. The Morgan fingerprint density at radius 3 is 2.62 bits per heavy atom. The number of pyridine rings is 1. The van der Waals surface area contributed by atoms with Gasteiger partial charge in [0.15, 0.2) is 0 Å². The molecular formula is C22H20ClN3O3. The van der Waals surface area contributed by atoms with Crippen molar-refractivity contribution in [3.05, 3.63) is 65.2 Å². The summed E-state index contributed by atoms with van der Waals surface area (Å²) in [7, 11) is 0. The average Bonchev–Trinajstić information content (AvgIpc) is 3.14. The van der Waals surface area contributed by atoms with Crippen molar-refractivity contribution in [2.45, 2.75) is 12.5 Å². The second-order valence-corrected chi connectivity index (χ2v) is 7.47. The van der Waals surface area contributed by atoms with Gasteiger partial charge >= 0.3 is 0 Å². The van der Waals surface area contributed by atoms with Gasteiger partial charge in [0.1, 0.15) is 11.6 Å².